The third-order valence-electron chi connectivity index (χ3n) is 3.87. The maximum atomic E-state index is 12.0. The molecule has 1 N–H and O–H groups in total. The first kappa shape index (κ1) is 19.8. The first-order valence-electron chi connectivity index (χ1n) is 8.19. The van der Waals surface area contributed by atoms with E-state index in [0.29, 0.717) is 10.8 Å². The van der Waals surface area contributed by atoms with Gasteiger partial charge in [0.15, 0.2) is 13.2 Å². The molecule has 0 aromatic heterocycles. The third kappa shape index (κ3) is 5.23. The van der Waals surface area contributed by atoms with Crippen molar-refractivity contribution in [1.82, 2.24) is 0 Å². The van der Waals surface area contributed by atoms with Gasteiger partial charge in [-0.25, -0.2) is 4.79 Å². The predicted molar refractivity (Wildman–Crippen MR) is 102 cm³/mol. The Kier molecular flexibility index (Phi) is 6.64. The lowest BCUT2D eigenvalue weighted by atomic mass is 10.1. The molecule has 0 saturated heterocycles. The second-order valence-electron chi connectivity index (χ2n) is 6.13. The van der Waals surface area contributed by atoms with E-state index in [4.69, 9.17) is 21.1 Å². The minimum Gasteiger partial charge on any atom is -0.481 e. The monoisotopic (exact) mass is 375 g/mol. The van der Waals surface area contributed by atoms with E-state index in [-0.39, 0.29) is 13.2 Å². The molecule has 0 spiro atoms. The number of benzene rings is 2. The second-order valence-corrected chi connectivity index (χ2v) is 6.57. The molecule has 138 valence electrons. The molecule has 0 saturated carbocycles. The van der Waals surface area contributed by atoms with Crippen LogP contribution in [0.5, 0.6) is 5.75 Å². The molecule has 0 atom stereocenters. The SMILES string of the molecule is Cc1cccc(C)c1NC(=O)COC(=O)COc1c(C)cc(Cl)cc1C. The lowest BCUT2D eigenvalue weighted by molar-refractivity contribution is -0.149. The number of esters is 1. The summed E-state index contributed by atoms with van der Waals surface area (Å²) in [5.74, 6) is -0.420. The highest BCUT2D eigenvalue weighted by atomic mass is 35.5. The summed E-state index contributed by atoms with van der Waals surface area (Å²) in [6, 6.07) is 9.23. The molecule has 26 heavy (non-hydrogen) atoms. The molecule has 0 fully saturated rings. The van der Waals surface area contributed by atoms with Crippen LogP contribution in [0.4, 0.5) is 5.69 Å². The molecule has 1 amide bonds. The maximum Gasteiger partial charge on any atom is 0.344 e. The molecule has 0 aliphatic heterocycles. The number of halogens is 1. The Morgan fingerprint density at radius 3 is 2.12 bits per heavy atom. The van der Waals surface area contributed by atoms with E-state index >= 15 is 0 Å². The highest BCUT2D eigenvalue weighted by Gasteiger charge is 2.13. The normalized spacial score (nSPS) is 10.3. The van der Waals surface area contributed by atoms with Gasteiger partial charge in [-0.1, -0.05) is 29.8 Å². The van der Waals surface area contributed by atoms with Crippen molar-refractivity contribution in [2.45, 2.75) is 27.7 Å². The number of anilines is 1. The third-order valence-corrected chi connectivity index (χ3v) is 4.09. The van der Waals surface area contributed by atoms with Crippen LogP contribution in [-0.4, -0.2) is 25.1 Å². The van der Waals surface area contributed by atoms with Crippen LogP contribution < -0.4 is 10.1 Å². The lowest BCUT2D eigenvalue weighted by Crippen LogP contribution is -2.24. The summed E-state index contributed by atoms with van der Waals surface area (Å²) in [5, 5.41) is 3.37. The van der Waals surface area contributed by atoms with Crippen LogP contribution in [-0.2, 0) is 14.3 Å². The van der Waals surface area contributed by atoms with Gasteiger partial charge in [0.05, 0.1) is 0 Å². The van der Waals surface area contributed by atoms with Gasteiger partial charge in [-0.2, -0.15) is 0 Å². The largest absolute Gasteiger partial charge is 0.481 e. The summed E-state index contributed by atoms with van der Waals surface area (Å²) in [6.45, 7) is 6.85. The summed E-state index contributed by atoms with van der Waals surface area (Å²) in [7, 11) is 0. The Bertz CT molecular complexity index is 789. The zero-order valence-corrected chi connectivity index (χ0v) is 16.1. The van der Waals surface area contributed by atoms with Gasteiger partial charge in [0.2, 0.25) is 0 Å². The number of amides is 1. The molecule has 2 aromatic carbocycles. The fraction of sp³-hybridized carbons (Fsp3) is 0.300. The summed E-state index contributed by atoms with van der Waals surface area (Å²) in [5.41, 5.74) is 4.28. The zero-order valence-electron chi connectivity index (χ0n) is 15.3. The van der Waals surface area contributed by atoms with Gasteiger partial charge in [0.25, 0.3) is 5.91 Å². The molecule has 2 rings (SSSR count). The second kappa shape index (κ2) is 8.72. The van der Waals surface area contributed by atoms with Crippen LogP contribution in [0.1, 0.15) is 22.3 Å². The number of ether oxygens (including phenoxy) is 2. The molecule has 0 radical (unpaired) electrons. The predicted octanol–water partition coefficient (Wildman–Crippen LogP) is 4.13. The standard InChI is InChI=1S/C20H22ClNO4/c1-12-6-5-7-13(2)19(12)22-17(23)10-25-18(24)11-26-20-14(3)8-16(21)9-15(20)4/h5-9H,10-11H2,1-4H3,(H,22,23). The van der Waals surface area contributed by atoms with Crippen LogP contribution in [0.2, 0.25) is 5.02 Å². The van der Waals surface area contributed by atoms with Gasteiger partial charge < -0.3 is 14.8 Å². The average Bonchev–Trinajstić information content (AvgIpc) is 2.55. The fourth-order valence-corrected chi connectivity index (χ4v) is 2.96. The van der Waals surface area contributed by atoms with Crippen LogP contribution in [0.3, 0.4) is 0 Å². The fourth-order valence-electron chi connectivity index (χ4n) is 2.63. The number of aryl methyl sites for hydroxylation is 4. The number of hydrogen-bond donors (Lipinski definition) is 1. The average molecular weight is 376 g/mol. The van der Waals surface area contributed by atoms with E-state index in [1.807, 2.05) is 45.9 Å². The van der Waals surface area contributed by atoms with E-state index < -0.39 is 11.9 Å². The Balaban J connectivity index is 1.85. The van der Waals surface area contributed by atoms with Crippen LogP contribution in [0, 0.1) is 27.7 Å². The molecule has 0 bridgehead atoms. The van der Waals surface area contributed by atoms with Crippen LogP contribution in [0.25, 0.3) is 0 Å². The molecular weight excluding hydrogens is 354 g/mol. The van der Waals surface area contributed by atoms with Crippen LogP contribution in [0.15, 0.2) is 30.3 Å². The molecule has 2 aromatic rings. The van der Waals surface area contributed by atoms with Crippen molar-refractivity contribution in [1.29, 1.82) is 0 Å². The van der Waals surface area contributed by atoms with Gasteiger partial charge in [0, 0.05) is 10.7 Å². The number of carbonyl (C=O) groups is 2. The van der Waals surface area contributed by atoms with E-state index in [1.165, 1.54) is 0 Å². The van der Waals surface area contributed by atoms with Gasteiger partial charge >= 0.3 is 5.97 Å². The topological polar surface area (TPSA) is 64.6 Å². The minimum absolute atomic E-state index is 0.278. The number of carbonyl (C=O) groups excluding carboxylic acids is 2. The molecule has 0 aliphatic carbocycles. The van der Waals surface area contributed by atoms with Gasteiger partial charge in [-0.15, -0.1) is 0 Å². The number of rotatable bonds is 6. The van der Waals surface area contributed by atoms with Crippen molar-refractivity contribution in [3.05, 3.63) is 57.6 Å². The summed E-state index contributed by atoms with van der Waals surface area (Å²) in [4.78, 5) is 23.8. The molecule has 6 heteroatoms. The number of nitrogens with one attached hydrogen (secondary N) is 1. The lowest BCUT2D eigenvalue weighted by Gasteiger charge is -2.13. The zero-order chi connectivity index (χ0) is 19.3. The first-order valence-corrected chi connectivity index (χ1v) is 8.57. The van der Waals surface area contributed by atoms with Crippen molar-refractivity contribution in [3.8, 4) is 5.75 Å². The Morgan fingerprint density at radius 2 is 1.54 bits per heavy atom. The van der Waals surface area contributed by atoms with Crippen molar-refractivity contribution in [2.24, 2.45) is 0 Å². The maximum absolute atomic E-state index is 12.0. The van der Waals surface area contributed by atoms with Gasteiger partial charge in [-0.05, 0) is 62.1 Å². The van der Waals surface area contributed by atoms with Gasteiger partial charge in [0.1, 0.15) is 5.75 Å². The summed E-state index contributed by atoms with van der Waals surface area (Å²) in [6.07, 6.45) is 0. The van der Waals surface area contributed by atoms with E-state index in [9.17, 15) is 9.59 Å². The summed E-state index contributed by atoms with van der Waals surface area (Å²) < 4.78 is 10.5. The van der Waals surface area contributed by atoms with Crippen LogP contribution >= 0.6 is 11.6 Å². The number of para-hydroxylation sites is 1. The van der Waals surface area contributed by atoms with E-state index in [1.54, 1.807) is 12.1 Å². The molecule has 5 nitrogen and oxygen atoms in total. The Labute approximate surface area is 158 Å². The van der Waals surface area contributed by atoms with Gasteiger partial charge in [-0.3, -0.25) is 4.79 Å². The molecular formula is C20H22ClNO4. The molecule has 0 aliphatic rings. The Morgan fingerprint density at radius 1 is 0.962 bits per heavy atom. The quantitative estimate of drug-likeness (QED) is 0.771. The Hall–Kier alpha value is -2.53. The van der Waals surface area contributed by atoms with Crippen molar-refractivity contribution < 1.29 is 19.1 Å². The minimum atomic E-state index is -0.615. The smallest absolute Gasteiger partial charge is 0.344 e. The van der Waals surface area contributed by atoms with Crippen molar-refractivity contribution >= 4 is 29.2 Å². The molecule has 0 heterocycles. The highest BCUT2D eigenvalue weighted by Crippen LogP contribution is 2.27. The van der Waals surface area contributed by atoms with E-state index in [0.717, 1.165) is 27.9 Å². The van der Waals surface area contributed by atoms with Crippen molar-refractivity contribution in [3.63, 3.8) is 0 Å². The van der Waals surface area contributed by atoms with E-state index in [2.05, 4.69) is 5.32 Å². The first-order chi connectivity index (χ1) is 12.3. The highest BCUT2D eigenvalue weighted by molar-refractivity contribution is 6.30. The summed E-state index contributed by atoms with van der Waals surface area (Å²) >= 11 is 5.97. The molecule has 0 unspecified atom stereocenters. The van der Waals surface area contributed by atoms with Crippen molar-refractivity contribution in [2.75, 3.05) is 18.5 Å². The number of hydrogen-bond acceptors (Lipinski definition) is 4.